The summed E-state index contributed by atoms with van der Waals surface area (Å²) in [7, 11) is 1.65. The summed E-state index contributed by atoms with van der Waals surface area (Å²) in [6.45, 7) is 2.96. The highest BCUT2D eigenvalue weighted by atomic mass is 35.5. The molecule has 2 aromatic carbocycles. The number of rotatable bonds is 6. The van der Waals surface area contributed by atoms with E-state index >= 15 is 0 Å². The van der Waals surface area contributed by atoms with Crippen LogP contribution in [0.2, 0.25) is 5.02 Å². The minimum absolute atomic E-state index is 0.306. The first-order valence-electron chi connectivity index (χ1n) is 9.16. The summed E-state index contributed by atoms with van der Waals surface area (Å²) < 4.78 is 16.1. The molecular formula is C22H22ClNO5. The molecule has 0 aromatic heterocycles. The predicted octanol–water partition coefficient (Wildman–Crippen LogP) is 3.63. The van der Waals surface area contributed by atoms with Gasteiger partial charge in [0.1, 0.15) is 13.2 Å². The number of hydrogen-bond acceptors (Lipinski definition) is 5. The van der Waals surface area contributed by atoms with Gasteiger partial charge in [0.15, 0.2) is 18.1 Å². The molecule has 0 fully saturated rings. The lowest BCUT2D eigenvalue weighted by atomic mass is 10.1. The molecule has 1 heterocycles. The van der Waals surface area contributed by atoms with E-state index in [1.807, 2.05) is 37.3 Å². The Bertz CT molecular complexity index is 941. The Morgan fingerprint density at radius 1 is 1.14 bits per heavy atom. The van der Waals surface area contributed by atoms with Crippen LogP contribution in [0, 0.1) is 6.92 Å². The predicted molar refractivity (Wildman–Crippen MR) is 110 cm³/mol. The van der Waals surface area contributed by atoms with E-state index < -0.39 is 5.97 Å². The minimum Gasteiger partial charge on any atom is -0.486 e. The second-order valence-electron chi connectivity index (χ2n) is 6.68. The summed E-state index contributed by atoms with van der Waals surface area (Å²) >= 11 is 6.06. The summed E-state index contributed by atoms with van der Waals surface area (Å²) in [5, 5.41) is 0.622. The standard InChI is InChI=1S/C22H22ClNO5/c1-15-3-4-16(11-18(15)23)6-8-22(26)29-14-21(25)24(2)13-17-5-7-19-20(12-17)28-10-9-27-19/h3-8,11-12H,9-10,13-14H2,1-2H3/b8-6+. The zero-order valence-corrected chi connectivity index (χ0v) is 17.1. The van der Waals surface area contributed by atoms with Gasteiger partial charge in [0, 0.05) is 24.7 Å². The van der Waals surface area contributed by atoms with Crippen LogP contribution < -0.4 is 9.47 Å². The average Bonchev–Trinajstić information content (AvgIpc) is 2.72. The number of esters is 1. The molecule has 0 spiro atoms. The van der Waals surface area contributed by atoms with Crippen LogP contribution >= 0.6 is 11.6 Å². The second kappa shape index (κ2) is 9.47. The monoisotopic (exact) mass is 415 g/mol. The number of aryl methyl sites for hydroxylation is 1. The van der Waals surface area contributed by atoms with Crippen LogP contribution in [0.1, 0.15) is 16.7 Å². The van der Waals surface area contributed by atoms with Gasteiger partial charge >= 0.3 is 5.97 Å². The number of amides is 1. The molecule has 1 aliphatic heterocycles. The summed E-state index contributed by atoms with van der Waals surface area (Å²) in [5.41, 5.74) is 2.63. The molecule has 3 rings (SSSR count). The fourth-order valence-corrected chi connectivity index (χ4v) is 2.91. The van der Waals surface area contributed by atoms with Crippen molar-refractivity contribution in [3.63, 3.8) is 0 Å². The first-order chi connectivity index (χ1) is 13.9. The van der Waals surface area contributed by atoms with E-state index in [0.717, 1.165) is 16.7 Å². The highest BCUT2D eigenvalue weighted by molar-refractivity contribution is 6.31. The van der Waals surface area contributed by atoms with E-state index in [1.54, 1.807) is 19.2 Å². The Kier molecular flexibility index (Phi) is 6.77. The quantitative estimate of drug-likeness (QED) is 0.532. The smallest absolute Gasteiger partial charge is 0.331 e. The van der Waals surface area contributed by atoms with E-state index in [4.69, 9.17) is 25.8 Å². The number of ether oxygens (including phenoxy) is 3. The Morgan fingerprint density at radius 3 is 2.66 bits per heavy atom. The largest absolute Gasteiger partial charge is 0.486 e. The number of fused-ring (bicyclic) bond motifs is 1. The molecule has 0 saturated carbocycles. The molecule has 0 N–H and O–H groups in total. The number of benzene rings is 2. The maximum atomic E-state index is 12.2. The van der Waals surface area contributed by atoms with Crippen molar-refractivity contribution in [2.75, 3.05) is 26.9 Å². The topological polar surface area (TPSA) is 65.1 Å². The number of halogens is 1. The lowest BCUT2D eigenvalue weighted by Gasteiger charge is -2.21. The minimum atomic E-state index is -0.595. The molecule has 0 atom stereocenters. The zero-order chi connectivity index (χ0) is 20.8. The lowest BCUT2D eigenvalue weighted by molar-refractivity contribution is -0.147. The third-order valence-electron chi connectivity index (χ3n) is 4.40. The van der Waals surface area contributed by atoms with Crippen LogP contribution in [0.3, 0.4) is 0 Å². The molecule has 0 radical (unpaired) electrons. The first-order valence-corrected chi connectivity index (χ1v) is 9.53. The van der Waals surface area contributed by atoms with Crippen molar-refractivity contribution in [2.24, 2.45) is 0 Å². The van der Waals surface area contributed by atoms with Gasteiger partial charge in [-0.25, -0.2) is 4.79 Å². The molecule has 2 aromatic rings. The molecule has 0 aliphatic carbocycles. The molecule has 152 valence electrons. The van der Waals surface area contributed by atoms with Crippen LogP contribution in [-0.4, -0.2) is 43.6 Å². The van der Waals surface area contributed by atoms with Gasteiger partial charge in [0.2, 0.25) is 0 Å². The first kappa shape index (κ1) is 20.7. The van der Waals surface area contributed by atoms with Gasteiger partial charge in [-0.2, -0.15) is 0 Å². The Labute approximate surface area is 174 Å². The summed E-state index contributed by atoms with van der Waals surface area (Å²) in [6.07, 6.45) is 2.87. The van der Waals surface area contributed by atoms with Gasteiger partial charge in [-0.05, 0) is 47.9 Å². The van der Waals surface area contributed by atoms with Crippen LogP contribution in [0.5, 0.6) is 11.5 Å². The third-order valence-corrected chi connectivity index (χ3v) is 4.80. The number of carbonyl (C=O) groups excluding carboxylic acids is 2. The van der Waals surface area contributed by atoms with Gasteiger partial charge in [0.05, 0.1) is 0 Å². The summed E-state index contributed by atoms with van der Waals surface area (Å²) in [5.74, 6) is 0.467. The second-order valence-corrected chi connectivity index (χ2v) is 7.08. The molecule has 29 heavy (non-hydrogen) atoms. The van der Waals surface area contributed by atoms with Crippen LogP contribution in [0.15, 0.2) is 42.5 Å². The number of nitrogens with zero attached hydrogens (tertiary/aromatic N) is 1. The average molecular weight is 416 g/mol. The van der Waals surface area contributed by atoms with Crippen LogP contribution in [0.4, 0.5) is 0 Å². The highest BCUT2D eigenvalue weighted by Crippen LogP contribution is 2.31. The maximum absolute atomic E-state index is 12.2. The molecule has 1 aliphatic rings. The molecular weight excluding hydrogens is 394 g/mol. The van der Waals surface area contributed by atoms with Gasteiger partial charge in [0.25, 0.3) is 5.91 Å². The number of hydrogen-bond donors (Lipinski definition) is 0. The van der Waals surface area contributed by atoms with E-state index in [1.165, 1.54) is 11.0 Å². The van der Waals surface area contributed by atoms with Crippen molar-refractivity contribution in [1.82, 2.24) is 4.90 Å². The van der Waals surface area contributed by atoms with Crippen molar-refractivity contribution in [3.8, 4) is 11.5 Å². The van der Waals surface area contributed by atoms with Crippen molar-refractivity contribution < 1.29 is 23.8 Å². The molecule has 1 amide bonds. The Hall–Kier alpha value is -2.99. The normalized spacial score (nSPS) is 12.7. The number of carbonyl (C=O) groups is 2. The van der Waals surface area contributed by atoms with Crippen LogP contribution in [0.25, 0.3) is 6.08 Å². The molecule has 0 bridgehead atoms. The fourth-order valence-electron chi connectivity index (χ4n) is 2.72. The van der Waals surface area contributed by atoms with E-state index in [-0.39, 0.29) is 12.5 Å². The van der Waals surface area contributed by atoms with Gasteiger partial charge in [-0.15, -0.1) is 0 Å². The van der Waals surface area contributed by atoms with Crippen molar-refractivity contribution >= 4 is 29.6 Å². The van der Waals surface area contributed by atoms with Gasteiger partial charge in [-0.3, -0.25) is 4.79 Å². The Morgan fingerprint density at radius 2 is 1.90 bits per heavy atom. The Balaban J connectivity index is 1.48. The van der Waals surface area contributed by atoms with Crippen molar-refractivity contribution in [3.05, 3.63) is 64.2 Å². The lowest BCUT2D eigenvalue weighted by Crippen LogP contribution is -2.30. The molecule has 7 heteroatoms. The SMILES string of the molecule is Cc1ccc(/C=C/C(=O)OCC(=O)N(C)Cc2ccc3c(c2)OCCO3)cc1Cl. The molecule has 0 unspecified atom stereocenters. The van der Waals surface area contributed by atoms with Crippen molar-refractivity contribution in [1.29, 1.82) is 0 Å². The van der Waals surface area contributed by atoms with Gasteiger partial charge < -0.3 is 19.1 Å². The van der Waals surface area contributed by atoms with E-state index in [2.05, 4.69) is 0 Å². The highest BCUT2D eigenvalue weighted by Gasteiger charge is 2.15. The number of likely N-dealkylation sites (N-methyl/N-ethyl adjacent to an activating group) is 1. The third kappa shape index (κ3) is 5.74. The van der Waals surface area contributed by atoms with Crippen molar-refractivity contribution in [2.45, 2.75) is 13.5 Å². The summed E-state index contributed by atoms with van der Waals surface area (Å²) in [6, 6.07) is 11.0. The zero-order valence-electron chi connectivity index (χ0n) is 16.3. The maximum Gasteiger partial charge on any atom is 0.331 e. The van der Waals surface area contributed by atoms with E-state index in [0.29, 0.717) is 36.3 Å². The molecule has 0 saturated heterocycles. The summed E-state index contributed by atoms with van der Waals surface area (Å²) in [4.78, 5) is 25.6. The van der Waals surface area contributed by atoms with E-state index in [9.17, 15) is 9.59 Å². The molecule has 6 nitrogen and oxygen atoms in total. The van der Waals surface area contributed by atoms with Gasteiger partial charge in [-0.1, -0.05) is 29.8 Å². The van der Waals surface area contributed by atoms with Crippen LogP contribution in [-0.2, 0) is 20.9 Å². The fraction of sp³-hybridized carbons (Fsp3) is 0.273.